The molecule has 0 aromatic carbocycles. The SMILES string of the molecule is CC(C)(N)CCC(=O)N1CC(C)(OCC(=O)O)C1. The summed E-state index contributed by atoms with van der Waals surface area (Å²) in [6, 6.07) is 0. The molecule has 1 rings (SSSR count). The Hall–Kier alpha value is -1.14. The summed E-state index contributed by atoms with van der Waals surface area (Å²) in [5, 5.41) is 8.53. The predicted octanol–water partition coefficient (Wildman–Crippen LogP) is 0.206. The normalized spacial score (nSPS) is 18.3. The number of carboxylic acids is 1. The molecule has 1 amide bonds. The lowest BCUT2D eigenvalue weighted by molar-refractivity contribution is -0.173. The van der Waals surface area contributed by atoms with Crippen molar-refractivity contribution in [2.24, 2.45) is 5.73 Å². The van der Waals surface area contributed by atoms with Gasteiger partial charge in [-0.25, -0.2) is 4.79 Å². The van der Waals surface area contributed by atoms with E-state index in [4.69, 9.17) is 15.6 Å². The van der Waals surface area contributed by atoms with Crippen molar-refractivity contribution in [1.29, 1.82) is 0 Å². The quantitative estimate of drug-likeness (QED) is 0.710. The Labute approximate surface area is 107 Å². The summed E-state index contributed by atoms with van der Waals surface area (Å²) in [7, 11) is 0. The Morgan fingerprint density at radius 3 is 2.44 bits per heavy atom. The van der Waals surface area contributed by atoms with Gasteiger partial charge in [-0.1, -0.05) is 0 Å². The van der Waals surface area contributed by atoms with Gasteiger partial charge in [-0.15, -0.1) is 0 Å². The maximum atomic E-state index is 11.8. The van der Waals surface area contributed by atoms with Gasteiger partial charge in [-0.05, 0) is 27.2 Å². The number of nitrogens with zero attached hydrogens (tertiary/aromatic N) is 1. The van der Waals surface area contributed by atoms with Crippen molar-refractivity contribution in [3.8, 4) is 0 Å². The van der Waals surface area contributed by atoms with E-state index in [9.17, 15) is 9.59 Å². The minimum absolute atomic E-state index is 0.0462. The van der Waals surface area contributed by atoms with Gasteiger partial charge in [0.15, 0.2) is 0 Å². The second-order valence-corrected chi connectivity index (χ2v) is 5.87. The number of carboxylic acid groups (broad SMARTS) is 1. The fourth-order valence-electron chi connectivity index (χ4n) is 1.85. The van der Waals surface area contributed by atoms with E-state index in [2.05, 4.69) is 0 Å². The van der Waals surface area contributed by atoms with Crippen LogP contribution in [0.3, 0.4) is 0 Å². The number of likely N-dealkylation sites (tertiary alicyclic amines) is 1. The third-order valence-electron chi connectivity index (χ3n) is 2.93. The average molecular weight is 258 g/mol. The summed E-state index contributed by atoms with van der Waals surface area (Å²) in [5.74, 6) is -0.948. The maximum Gasteiger partial charge on any atom is 0.329 e. The first-order valence-electron chi connectivity index (χ1n) is 6.04. The van der Waals surface area contributed by atoms with E-state index in [-0.39, 0.29) is 18.1 Å². The fraction of sp³-hybridized carbons (Fsp3) is 0.833. The number of nitrogens with two attached hydrogens (primary N) is 1. The average Bonchev–Trinajstić information content (AvgIpc) is 2.18. The highest BCUT2D eigenvalue weighted by Crippen LogP contribution is 2.25. The van der Waals surface area contributed by atoms with Crippen LogP contribution in [0.15, 0.2) is 0 Å². The molecule has 3 N–H and O–H groups in total. The second kappa shape index (κ2) is 5.24. The number of carbonyl (C=O) groups is 2. The van der Waals surface area contributed by atoms with Crippen LogP contribution in [-0.2, 0) is 14.3 Å². The summed E-state index contributed by atoms with van der Waals surface area (Å²) in [6.07, 6.45) is 1.05. The van der Waals surface area contributed by atoms with Crippen molar-refractivity contribution in [2.75, 3.05) is 19.7 Å². The van der Waals surface area contributed by atoms with Crippen LogP contribution in [0.25, 0.3) is 0 Å². The molecule has 1 saturated heterocycles. The second-order valence-electron chi connectivity index (χ2n) is 5.87. The molecule has 0 atom stereocenters. The van der Waals surface area contributed by atoms with E-state index in [1.807, 2.05) is 20.8 Å². The monoisotopic (exact) mass is 258 g/mol. The molecule has 0 bridgehead atoms. The third kappa shape index (κ3) is 4.62. The van der Waals surface area contributed by atoms with Gasteiger partial charge in [0.05, 0.1) is 13.1 Å². The number of ether oxygens (including phenoxy) is 1. The fourth-order valence-corrected chi connectivity index (χ4v) is 1.85. The van der Waals surface area contributed by atoms with Crippen LogP contribution in [0.1, 0.15) is 33.6 Å². The molecule has 0 aromatic rings. The Morgan fingerprint density at radius 1 is 1.44 bits per heavy atom. The van der Waals surface area contributed by atoms with Gasteiger partial charge in [-0.3, -0.25) is 4.79 Å². The van der Waals surface area contributed by atoms with Gasteiger partial charge >= 0.3 is 5.97 Å². The van der Waals surface area contributed by atoms with Gasteiger partial charge in [0.1, 0.15) is 12.2 Å². The zero-order valence-electron chi connectivity index (χ0n) is 11.2. The first-order valence-corrected chi connectivity index (χ1v) is 6.04. The zero-order chi connectivity index (χ0) is 14.0. The van der Waals surface area contributed by atoms with Crippen molar-refractivity contribution in [1.82, 2.24) is 4.90 Å². The summed E-state index contributed by atoms with van der Waals surface area (Å²) < 4.78 is 5.23. The summed E-state index contributed by atoms with van der Waals surface area (Å²) in [6.45, 7) is 6.15. The third-order valence-corrected chi connectivity index (χ3v) is 2.93. The first-order chi connectivity index (χ1) is 8.11. The molecule has 18 heavy (non-hydrogen) atoms. The molecule has 0 saturated carbocycles. The molecule has 1 fully saturated rings. The molecule has 104 valence electrons. The highest BCUT2D eigenvalue weighted by molar-refractivity contribution is 5.77. The van der Waals surface area contributed by atoms with Crippen LogP contribution < -0.4 is 5.73 Å². The van der Waals surface area contributed by atoms with E-state index < -0.39 is 11.6 Å². The largest absolute Gasteiger partial charge is 0.480 e. The Morgan fingerprint density at radius 2 is 2.00 bits per heavy atom. The molecule has 1 aliphatic rings. The summed E-state index contributed by atoms with van der Waals surface area (Å²) in [5.41, 5.74) is 4.95. The highest BCUT2D eigenvalue weighted by Gasteiger charge is 2.42. The molecule has 6 nitrogen and oxygen atoms in total. The molecule has 0 radical (unpaired) electrons. The first kappa shape index (κ1) is 14.9. The number of amides is 1. The van der Waals surface area contributed by atoms with Crippen LogP contribution in [0.5, 0.6) is 0 Å². The minimum atomic E-state index is -0.995. The number of rotatable bonds is 6. The number of hydrogen-bond acceptors (Lipinski definition) is 4. The molecule has 6 heteroatoms. The molecule has 0 aliphatic carbocycles. The van der Waals surface area contributed by atoms with Gasteiger partial charge in [0.25, 0.3) is 0 Å². The topological polar surface area (TPSA) is 92.9 Å². The van der Waals surface area contributed by atoms with Crippen LogP contribution in [0.4, 0.5) is 0 Å². The standard InChI is InChI=1S/C12H22N2O4/c1-11(2,13)5-4-9(15)14-7-12(3,8-14)18-6-10(16)17/h4-8,13H2,1-3H3,(H,16,17). The molecule has 0 unspecified atom stereocenters. The van der Waals surface area contributed by atoms with Gasteiger partial charge in [0, 0.05) is 12.0 Å². The Balaban J connectivity index is 2.28. The van der Waals surface area contributed by atoms with Crippen molar-refractivity contribution in [2.45, 2.75) is 44.8 Å². The van der Waals surface area contributed by atoms with Crippen molar-refractivity contribution >= 4 is 11.9 Å². The lowest BCUT2D eigenvalue weighted by Crippen LogP contribution is -2.63. The van der Waals surface area contributed by atoms with Crippen LogP contribution >= 0.6 is 0 Å². The number of hydrogen-bond donors (Lipinski definition) is 2. The van der Waals surface area contributed by atoms with Crippen molar-refractivity contribution in [3.05, 3.63) is 0 Å². The summed E-state index contributed by atoms with van der Waals surface area (Å²) in [4.78, 5) is 23.9. The van der Waals surface area contributed by atoms with Gasteiger partial charge in [0.2, 0.25) is 5.91 Å². The smallest absolute Gasteiger partial charge is 0.329 e. The molecule has 0 aromatic heterocycles. The maximum absolute atomic E-state index is 11.8. The molecule has 1 heterocycles. The lowest BCUT2D eigenvalue weighted by Gasteiger charge is -2.47. The molecule has 0 spiro atoms. The van der Waals surface area contributed by atoms with Gasteiger partial charge < -0.3 is 20.5 Å². The van der Waals surface area contributed by atoms with Crippen LogP contribution in [0, 0.1) is 0 Å². The van der Waals surface area contributed by atoms with E-state index in [1.54, 1.807) is 4.90 Å². The van der Waals surface area contributed by atoms with E-state index in [1.165, 1.54) is 0 Å². The minimum Gasteiger partial charge on any atom is -0.480 e. The summed E-state index contributed by atoms with van der Waals surface area (Å²) >= 11 is 0. The molecular weight excluding hydrogens is 236 g/mol. The van der Waals surface area contributed by atoms with E-state index in [0.717, 1.165) is 0 Å². The van der Waals surface area contributed by atoms with Crippen LogP contribution in [-0.4, -0.2) is 52.7 Å². The Kier molecular flexibility index (Phi) is 4.34. The van der Waals surface area contributed by atoms with Crippen molar-refractivity contribution < 1.29 is 19.4 Å². The number of carbonyl (C=O) groups excluding carboxylic acids is 1. The molecule has 1 aliphatic heterocycles. The van der Waals surface area contributed by atoms with Crippen molar-refractivity contribution in [3.63, 3.8) is 0 Å². The van der Waals surface area contributed by atoms with Gasteiger partial charge in [-0.2, -0.15) is 0 Å². The van der Waals surface area contributed by atoms with E-state index >= 15 is 0 Å². The molecular formula is C12H22N2O4. The highest BCUT2D eigenvalue weighted by atomic mass is 16.5. The Bertz CT molecular complexity index is 329. The number of aliphatic carboxylic acids is 1. The van der Waals surface area contributed by atoms with Crippen LogP contribution in [0.2, 0.25) is 0 Å². The zero-order valence-corrected chi connectivity index (χ0v) is 11.2. The predicted molar refractivity (Wildman–Crippen MR) is 66.1 cm³/mol. The van der Waals surface area contributed by atoms with E-state index in [0.29, 0.717) is 25.9 Å². The lowest BCUT2D eigenvalue weighted by atomic mass is 9.94.